The first kappa shape index (κ1) is 42.3. The summed E-state index contributed by atoms with van der Waals surface area (Å²) in [5, 5.41) is 117. The summed E-state index contributed by atoms with van der Waals surface area (Å²) in [6.45, 7) is -2.25. The molecule has 0 amide bonds. The molecule has 20 nitrogen and oxygen atoms in total. The molecular weight excluding hydrogens is 628 g/mol. The molecule has 11 N–H and O–H groups in total. The molecule has 3 fully saturated rings. The van der Waals surface area contributed by atoms with Crippen LogP contribution in [-0.2, 0) is 38.0 Å². The van der Waals surface area contributed by atoms with Crippen LogP contribution in [0.25, 0.3) is 0 Å². The maximum atomic E-state index is 12.4. The number of hydrogen-bond donors (Lipinski definition) is 10. The normalized spacial score (nSPS) is 44.0. The number of carbonyl (C=O) groups is 2. The number of carbonyl (C=O) groups excluding carboxylic acids is 2. The fraction of sp³-hybridized carbons (Fsp3) is 0.909. The Labute approximate surface area is 293 Å². The summed E-state index contributed by atoms with van der Waals surface area (Å²) in [4.78, 5) is 24.2. The molecule has 0 radical (unpaired) electrons. The third-order valence-corrected chi connectivity index (χ3v) is 7.37. The van der Waals surface area contributed by atoms with Gasteiger partial charge in [-0.05, 0) is 0 Å². The molecule has 0 aromatic heterocycles. The van der Waals surface area contributed by atoms with Gasteiger partial charge in [0.25, 0.3) is 0 Å². The smallest absolute Gasteiger partial charge is 0.544 e. The summed E-state index contributed by atoms with van der Waals surface area (Å²) in [5.74, 6) is -10.9. The topological polar surface area (TPSA) is 344 Å². The summed E-state index contributed by atoms with van der Waals surface area (Å²) < 4.78 is 30.8. The van der Waals surface area contributed by atoms with Crippen molar-refractivity contribution in [3.63, 3.8) is 0 Å². The van der Waals surface area contributed by atoms with Crippen molar-refractivity contribution in [1.82, 2.24) is 0 Å². The Kier molecular flexibility index (Phi) is 16.5. The molecule has 0 aromatic rings. The van der Waals surface area contributed by atoms with Gasteiger partial charge < -0.3 is 99.9 Å². The number of hydrogen-bond acceptors (Lipinski definition) is 20. The maximum Gasteiger partial charge on any atom is 1.00 e. The van der Waals surface area contributed by atoms with Crippen molar-refractivity contribution in [2.75, 3.05) is 26.9 Å². The van der Waals surface area contributed by atoms with E-state index in [1.165, 1.54) is 0 Å². The Morgan fingerprint density at radius 3 is 2.02 bits per heavy atom. The van der Waals surface area contributed by atoms with Crippen molar-refractivity contribution in [2.24, 2.45) is 5.73 Å². The van der Waals surface area contributed by atoms with Crippen LogP contribution in [0.15, 0.2) is 0 Å². The molecule has 3 heterocycles. The van der Waals surface area contributed by atoms with Gasteiger partial charge in [0.2, 0.25) is 11.6 Å². The second-order valence-corrected chi connectivity index (χ2v) is 10.1. The van der Waals surface area contributed by atoms with Crippen LogP contribution in [0, 0.1) is 0 Å². The number of nitrogens with two attached hydrogens (primary N) is 1. The van der Waals surface area contributed by atoms with Crippen LogP contribution in [-0.4, -0.2) is 176 Å². The van der Waals surface area contributed by atoms with E-state index in [4.69, 9.17) is 34.2 Å². The quantitative estimate of drug-likeness (QED) is 0.0917. The third kappa shape index (κ3) is 8.29. The minimum absolute atomic E-state index is 0. The van der Waals surface area contributed by atoms with Crippen molar-refractivity contribution in [3.8, 4) is 0 Å². The van der Waals surface area contributed by atoms with Gasteiger partial charge in [-0.25, -0.2) is 0 Å². The zero-order valence-electron chi connectivity index (χ0n) is 24.0. The van der Waals surface area contributed by atoms with E-state index in [9.17, 15) is 65.8 Å². The van der Waals surface area contributed by atoms with Crippen LogP contribution in [0.5, 0.6) is 0 Å². The second kappa shape index (κ2) is 17.1. The fourth-order valence-corrected chi connectivity index (χ4v) is 4.85. The molecule has 0 saturated carbocycles. The van der Waals surface area contributed by atoms with E-state index in [0.717, 1.165) is 7.11 Å². The van der Waals surface area contributed by atoms with Crippen molar-refractivity contribution < 1.29 is 153 Å². The van der Waals surface area contributed by atoms with E-state index in [1.807, 2.05) is 0 Å². The Hall–Kier alpha value is 0.300. The van der Waals surface area contributed by atoms with E-state index < -0.39 is 123 Å². The summed E-state index contributed by atoms with van der Waals surface area (Å²) in [5.41, 5.74) is 5.55. The summed E-state index contributed by atoms with van der Waals surface area (Å²) in [6.07, 6.45) is -25.7. The number of methoxy groups -OCH3 is 1. The predicted molar refractivity (Wildman–Crippen MR) is 121 cm³/mol. The number of carboxylic acid groups (broad SMARTS) is 2. The first-order chi connectivity index (χ1) is 19.6. The monoisotopic (exact) mass is 663 g/mol. The molecule has 244 valence electrons. The minimum atomic E-state index is -3.54. The predicted octanol–water partition coefficient (Wildman–Crippen LogP) is -16.3. The van der Waals surface area contributed by atoms with Gasteiger partial charge in [0.1, 0.15) is 73.0 Å². The number of carboxylic acids is 2. The first-order valence-corrected chi connectivity index (χ1v) is 12.6. The Morgan fingerprint density at radius 1 is 0.909 bits per heavy atom. The third-order valence-electron chi connectivity index (χ3n) is 7.37. The molecule has 3 saturated heterocycles. The molecule has 22 heteroatoms. The zero-order chi connectivity index (χ0) is 31.7. The molecule has 3 aliphatic heterocycles. The van der Waals surface area contributed by atoms with Gasteiger partial charge in [0, 0.05) is 13.5 Å². The molecule has 0 spiro atoms. The molecule has 0 aliphatic carbocycles. The molecule has 0 bridgehead atoms. The zero-order valence-corrected chi connectivity index (χ0v) is 28.0. The molecule has 3 rings (SSSR count). The van der Waals surface area contributed by atoms with Gasteiger partial charge in [-0.2, -0.15) is 0 Å². The van der Waals surface area contributed by atoms with Crippen LogP contribution in [0.1, 0.15) is 6.42 Å². The first-order valence-electron chi connectivity index (χ1n) is 12.6. The van der Waals surface area contributed by atoms with E-state index >= 15 is 0 Å². The summed E-state index contributed by atoms with van der Waals surface area (Å²) in [6, 6.07) is -0.960. The van der Waals surface area contributed by atoms with E-state index in [1.54, 1.807) is 0 Å². The molecular formula is C22H35NNa2O19. The Balaban J connectivity index is 0.00000484. The van der Waals surface area contributed by atoms with E-state index in [2.05, 4.69) is 0 Å². The number of rotatable bonds is 11. The summed E-state index contributed by atoms with van der Waals surface area (Å²) >= 11 is 0. The molecule has 0 unspecified atom stereocenters. The van der Waals surface area contributed by atoms with E-state index in [0.29, 0.717) is 0 Å². The number of aliphatic hydroxyl groups is 9. The van der Waals surface area contributed by atoms with Crippen LogP contribution in [0.4, 0.5) is 0 Å². The number of ether oxygens (including phenoxy) is 6. The van der Waals surface area contributed by atoms with Gasteiger partial charge in [-0.15, -0.1) is 0 Å². The second-order valence-electron chi connectivity index (χ2n) is 10.1. The van der Waals surface area contributed by atoms with Gasteiger partial charge in [-0.3, -0.25) is 0 Å². The van der Waals surface area contributed by atoms with E-state index in [-0.39, 0.29) is 65.7 Å². The van der Waals surface area contributed by atoms with Crippen LogP contribution in [0.3, 0.4) is 0 Å². The molecule has 15 atom stereocenters. The molecule has 3 aliphatic rings. The van der Waals surface area contributed by atoms with Crippen LogP contribution in [0.2, 0.25) is 0 Å². The average Bonchev–Trinajstić information content (AvgIpc) is 2.95. The standard InChI is InChI=1S/C22H37NO19.2Na/c1-37-21(19(33)34)2-9(11(28)15(41-21)7(25)3-24)40-22(20(35)36)17(32)13(30)12(29)16(42-22)8(26)5-39-18-14(31)10(27)6(23)4-38-18;;/h6-18,24-32H,2-5,23H2,1H3,(H,33,34)(H,35,36);;/q;2*+1/p-2/t6-,7+,8+,9+,10-,11+,12+,13-,14+,15+,16+,17-,18+,21+,22+;;/m0../s1. The van der Waals surface area contributed by atoms with Crippen LogP contribution >= 0.6 is 0 Å². The summed E-state index contributed by atoms with van der Waals surface area (Å²) in [7, 11) is 0.819. The van der Waals surface area contributed by atoms with Gasteiger partial charge in [0.05, 0.1) is 32.0 Å². The largest absolute Gasteiger partial charge is 1.00 e. The Bertz CT molecular complexity index is 955. The van der Waals surface area contributed by atoms with Gasteiger partial charge in [0.15, 0.2) is 6.29 Å². The van der Waals surface area contributed by atoms with Crippen LogP contribution < -0.4 is 75.1 Å². The minimum Gasteiger partial charge on any atom is -0.544 e. The average molecular weight is 663 g/mol. The molecule has 44 heavy (non-hydrogen) atoms. The molecule has 0 aromatic carbocycles. The maximum absolute atomic E-state index is 12.4. The van der Waals surface area contributed by atoms with Gasteiger partial charge in [-0.1, -0.05) is 0 Å². The Morgan fingerprint density at radius 2 is 1.50 bits per heavy atom. The van der Waals surface area contributed by atoms with Gasteiger partial charge >= 0.3 is 59.1 Å². The fourth-order valence-electron chi connectivity index (χ4n) is 4.85. The van der Waals surface area contributed by atoms with Crippen molar-refractivity contribution >= 4 is 11.9 Å². The van der Waals surface area contributed by atoms with Crippen molar-refractivity contribution in [2.45, 2.75) is 97.5 Å². The number of aliphatic hydroxyl groups excluding tert-OH is 9. The van der Waals surface area contributed by atoms with Crippen molar-refractivity contribution in [1.29, 1.82) is 0 Å². The number of aliphatic carboxylic acids is 2. The van der Waals surface area contributed by atoms with Crippen molar-refractivity contribution in [3.05, 3.63) is 0 Å². The SMILES string of the molecule is CO[C@]1(C(=O)[O-])C[C@@H](O[C@@]2(C(=O)[O-])O[C@H]([C@H](O)CO[C@H]3OC[C@H](N)[C@H](O)[C@H]3O)[C@H](O)[C@H](O)[C@@H]2O)[C@@H](O)[C@@H]([C@H](O)CO)O1.[Na+].[Na+].